The maximum absolute atomic E-state index is 11.6. The zero-order valence-corrected chi connectivity index (χ0v) is 16.3. The number of hydrogen-bond donors (Lipinski definition) is 6. The molecular formula is C16H20N2O8S2. The molecule has 154 valence electrons. The van der Waals surface area contributed by atoms with Crippen LogP contribution in [-0.4, -0.2) is 70.8 Å². The Bertz CT molecular complexity index is 639. The van der Waals surface area contributed by atoms with Crippen LogP contribution < -0.4 is 20.1 Å². The van der Waals surface area contributed by atoms with Crippen molar-refractivity contribution in [2.45, 2.75) is 12.1 Å². The Hall–Kier alpha value is -2.60. The fourth-order valence-corrected chi connectivity index (χ4v) is 2.27. The number of carboxylic acids is 2. The lowest BCUT2D eigenvalue weighted by Crippen LogP contribution is -2.44. The zero-order chi connectivity index (χ0) is 21.1. The van der Waals surface area contributed by atoms with Gasteiger partial charge >= 0.3 is 11.9 Å². The van der Waals surface area contributed by atoms with Crippen LogP contribution in [0.2, 0.25) is 0 Å². The number of carbonyl (C=O) groups excluding carboxylic acids is 2. The molecule has 1 aromatic rings. The quantitative estimate of drug-likeness (QED) is 0.241. The van der Waals surface area contributed by atoms with E-state index in [1.807, 2.05) is 0 Å². The Morgan fingerprint density at radius 1 is 0.786 bits per heavy atom. The number of nitrogens with one attached hydrogen (secondary N) is 2. The first-order chi connectivity index (χ1) is 13.3. The van der Waals surface area contributed by atoms with E-state index in [9.17, 15) is 19.2 Å². The lowest BCUT2D eigenvalue weighted by atomic mass is 10.3. The molecule has 1 rings (SSSR count). The number of thiol groups is 2. The molecular weight excluding hydrogens is 412 g/mol. The Balaban J connectivity index is 2.43. The van der Waals surface area contributed by atoms with Crippen molar-refractivity contribution in [2.24, 2.45) is 0 Å². The molecule has 0 aliphatic rings. The molecule has 0 aliphatic carbocycles. The summed E-state index contributed by atoms with van der Waals surface area (Å²) in [4.78, 5) is 44.9. The molecule has 12 heteroatoms. The second-order valence-corrected chi connectivity index (χ2v) is 6.06. The van der Waals surface area contributed by atoms with Crippen molar-refractivity contribution in [3.8, 4) is 11.5 Å². The lowest BCUT2D eigenvalue weighted by molar-refractivity contribution is -0.141. The molecule has 2 amide bonds. The molecule has 0 radical (unpaired) electrons. The second kappa shape index (κ2) is 12.0. The van der Waals surface area contributed by atoms with E-state index in [1.54, 1.807) is 0 Å². The van der Waals surface area contributed by atoms with Crippen LogP contribution in [0.25, 0.3) is 0 Å². The van der Waals surface area contributed by atoms with E-state index in [0.29, 0.717) is 11.5 Å². The number of ether oxygens (including phenoxy) is 2. The highest BCUT2D eigenvalue weighted by Gasteiger charge is 2.19. The summed E-state index contributed by atoms with van der Waals surface area (Å²) in [5.74, 6) is -3.08. The summed E-state index contributed by atoms with van der Waals surface area (Å²) in [7, 11) is 0. The third-order valence-electron chi connectivity index (χ3n) is 3.20. The lowest BCUT2D eigenvalue weighted by Gasteiger charge is -2.13. The standard InChI is InChI=1S/C16H20N2O8S2/c19-13(17-11(7-27)15(21)22)5-25-9-1-2-10(4-3-9)26-6-14(20)18-12(8-28)16(23)24/h1-4,11-12,27-28H,5-8H2,(H,17,19)(H,18,20)(H,21,22)(H,23,24)/t11-,12-/m0/s1. The molecule has 0 saturated carbocycles. The van der Waals surface area contributed by atoms with Gasteiger partial charge in [-0.15, -0.1) is 0 Å². The van der Waals surface area contributed by atoms with Crippen LogP contribution in [0.5, 0.6) is 11.5 Å². The largest absolute Gasteiger partial charge is 0.484 e. The second-order valence-electron chi connectivity index (χ2n) is 5.33. The highest BCUT2D eigenvalue weighted by molar-refractivity contribution is 7.80. The summed E-state index contributed by atoms with van der Waals surface area (Å²) >= 11 is 7.67. The van der Waals surface area contributed by atoms with E-state index in [1.165, 1.54) is 24.3 Å². The minimum absolute atomic E-state index is 0.0537. The van der Waals surface area contributed by atoms with Crippen LogP contribution in [0.4, 0.5) is 0 Å². The highest BCUT2D eigenvalue weighted by Crippen LogP contribution is 2.17. The fourth-order valence-electron chi connectivity index (χ4n) is 1.77. The van der Waals surface area contributed by atoms with Gasteiger partial charge in [-0.1, -0.05) is 0 Å². The van der Waals surface area contributed by atoms with Gasteiger partial charge in [-0.2, -0.15) is 25.3 Å². The van der Waals surface area contributed by atoms with Gasteiger partial charge in [0.2, 0.25) is 0 Å². The van der Waals surface area contributed by atoms with Gasteiger partial charge in [0.05, 0.1) is 0 Å². The van der Waals surface area contributed by atoms with Gasteiger partial charge < -0.3 is 30.3 Å². The molecule has 0 heterocycles. The van der Waals surface area contributed by atoms with E-state index < -0.39 is 35.8 Å². The van der Waals surface area contributed by atoms with Crippen molar-refractivity contribution in [1.29, 1.82) is 0 Å². The normalized spacial score (nSPS) is 12.4. The summed E-state index contributed by atoms with van der Waals surface area (Å²) in [6.07, 6.45) is 0. The molecule has 28 heavy (non-hydrogen) atoms. The zero-order valence-electron chi connectivity index (χ0n) is 14.5. The molecule has 0 aromatic heterocycles. The fraction of sp³-hybridized carbons (Fsp3) is 0.375. The average molecular weight is 432 g/mol. The number of hydrogen-bond acceptors (Lipinski definition) is 8. The highest BCUT2D eigenvalue weighted by atomic mass is 32.1. The SMILES string of the molecule is O=C(COc1ccc(OCC(=O)N[C@@H](CS)C(=O)O)cc1)N[C@@H](CS)C(=O)O. The molecule has 4 N–H and O–H groups in total. The van der Waals surface area contributed by atoms with Crippen LogP contribution in [-0.2, 0) is 19.2 Å². The summed E-state index contributed by atoms with van der Waals surface area (Å²) in [5, 5.41) is 22.2. The maximum Gasteiger partial charge on any atom is 0.327 e. The van der Waals surface area contributed by atoms with Gasteiger partial charge in [0, 0.05) is 11.5 Å². The Kier molecular flexibility index (Phi) is 10.0. The van der Waals surface area contributed by atoms with Crippen LogP contribution in [0.1, 0.15) is 0 Å². The van der Waals surface area contributed by atoms with Crippen LogP contribution in [0, 0.1) is 0 Å². The van der Waals surface area contributed by atoms with E-state index >= 15 is 0 Å². The summed E-state index contributed by atoms with van der Waals surface area (Å²) in [5.41, 5.74) is 0. The number of carbonyl (C=O) groups is 4. The maximum atomic E-state index is 11.6. The van der Waals surface area contributed by atoms with E-state index in [0.717, 1.165) is 0 Å². The number of amides is 2. The number of rotatable bonds is 12. The van der Waals surface area contributed by atoms with Crippen molar-refractivity contribution >= 4 is 49.0 Å². The van der Waals surface area contributed by atoms with Gasteiger partial charge in [0.25, 0.3) is 11.8 Å². The Labute approximate surface area is 171 Å². The predicted octanol–water partition coefficient (Wildman–Crippen LogP) is -0.557. The molecule has 0 saturated heterocycles. The third kappa shape index (κ3) is 8.39. The first-order valence-electron chi connectivity index (χ1n) is 7.88. The molecule has 0 unspecified atom stereocenters. The molecule has 10 nitrogen and oxygen atoms in total. The molecule has 2 atom stereocenters. The van der Waals surface area contributed by atoms with Crippen molar-refractivity contribution in [2.75, 3.05) is 24.7 Å². The predicted molar refractivity (Wildman–Crippen MR) is 104 cm³/mol. The summed E-state index contributed by atoms with van der Waals surface area (Å²) in [6, 6.07) is 3.74. The van der Waals surface area contributed by atoms with E-state index in [2.05, 4.69) is 35.9 Å². The first kappa shape index (κ1) is 23.4. The van der Waals surface area contributed by atoms with Gasteiger partial charge in [-0.3, -0.25) is 9.59 Å². The van der Waals surface area contributed by atoms with Crippen molar-refractivity contribution in [3.05, 3.63) is 24.3 Å². The van der Waals surface area contributed by atoms with E-state index in [4.69, 9.17) is 19.7 Å². The molecule has 1 aromatic carbocycles. The van der Waals surface area contributed by atoms with Gasteiger partial charge in [0.15, 0.2) is 13.2 Å². The van der Waals surface area contributed by atoms with Crippen molar-refractivity contribution in [3.63, 3.8) is 0 Å². The van der Waals surface area contributed by atoms with Gasteiger partial charge in [0.1, 0.15) is 23.6 Å². The monoisotopic (exact) mass is 432 g/mol. The molecule has 0 fully saturated rings. The molecule has 0 bridgehead atoms. The van der Waals surface area contributed by atoms with Crippen LogP contribution in [0.3, 0.4) is 0 Å². The topological polar surface area (TPSA) is 151 Å². The number of carboxylic acid groups (broad SMARTS) is 2. The third-order valence-corrected chi connectivity index (χ3v) is 3.93. The smallest absolute Gasteiger partial charge is 0.327 e. The van der Waals surface area contributed by atoms with Gasteiger partial charge in [-0.05, 0) is 24.3 Å². The Morgan fingerprint density at radius 2 is 1.11 bits per heavy atom. The average Bonchev–Trinajstić information content (AvgIpc) is 2.67. The van der Waals surface area contributed by atoms with Crippen molar-refractivity contribution in [1.82, 2.24) is 10.6 Å². The molecule has 0 spiro atoms. The van der Waals surface area contributed by atoms with Crippen LogP contribution in [0.15, 0.2) is 24.3 Å². The van der Waals surface area contributed by atoms with Crippen molar-refractivity contribution < 1.29 is 38.9 Å². The molecule has 0 aliphatic heterocycles. The number of aliphatic carboxylic acids is 2. The summed E-state index contributed by atoms with van der Waals surface area (Å²) < 4.78 is 10.5. The van der Waals surface area contributed by atoms with Crippen LogP contribution >= 0.6 is 25.3 Å². The van der Waals surface area contributed by atoms with Gasteiger partial charge in [-0.25, -0.2) is 9.59 Å². The van der Waals surface area contributed by atoms with E-state index in [-0.39, 0.29) is 24.7 Å². The minimum Gasteiger partial charge on any atom is -0.484 e. The first-order valence-corrected chi connectivity index (χ1v) is 9.15. The number of benzene rings is 1. The minimum atomic E-state index is -1.20. The Morgan fingerprint density at radius 3 is 1.36 bits per heavy atom. The summed E-state index contributed by atoms with van der Waals surface area (Å²) in [6.45, 7) is -0.777.